The first-order chi connectivity index (χ1) is 12.0. The van der Waals surface area contributed by atoms with Crippen molar-refractivity contribution in [3.63, 3.8) is 0 Å². The van der Waals surface area contributed by atoms with E-state index in [1.807, 2.05) is 0 Å². The summed E-state index contributed by atoms with van der Waals surface area (Å²) in [6.07, 6.45) is -3.54. The number of fused-ring (bicyclic) bond motifs is 1. The molecule has 0 heterocycles. The Bertz CT molecular complexity index is 804. The molecular formula is C19H16F2O4. The summed E-state index contributed by atoms with van der Waals surface area (Å²) in [6, 6.07) is 13.2. The number of alkyl halides is 2. The number of ketones is 1. The van der Waals surface area contributed by atoms with Crippen molar-refractivity contribution in [2.45, 2.75) is 19.5 Å². The molecule has 1 unspecified atom stereocenters. The fourth-order valence-electron chi connectivity index (χ4n) is 2.95. The number of esters is 1. The lowest BCUT2D eigenvalue weighted by Crippen LogP contribution is -2.45. The Kier molecular flexibility index (Phi) is 4.53. The number of carbonyl (C=O) groups excluding carboxylic acids is 2. The molecule has 2 aromatic rings. The van der Waals surface area contributed by atoms with Crippen LogP contribution in [0.5, 0.6) is 5.75 Å². The SMILES string of the molecule is COc1ccc2c(c1)C(=O)C(C(=O)OCc1ccccc1)(C(F)F)C2. The molecule has 1 aliphatic rings. The van der Waals surface area contributed by atoms with Crippen molar-refractivity contribution in [3.8, 4) is 5.75 Å². The van der Waals surface area contributed by atoms with E-state index in [-0.39, 0.29) is 18.6 Å². The van der Waals surface area contributed by atoms with Crippen LogP contribution in [0.2, 0.25) is 0 Å². The summed E-state index contributed by atoms with van der Waals surface area (Å²) >= 11 is 0. The molecule has 0 amide bonds. The van der Waals surface area contributed by atoms with Crippen molar-refractivity contribution in [2.24, 2.45) is 5.41 Å². The molecule has 6 heteroatoms. The largest absolute Gasteiger partial charge is 0.497 e. The van der Waals surface area contributed by atoms with E-state index in [9.17, 15) is 18.4 Å². The van der Waals surface area contributed by atoms with Crippen LogP contribution < -0.4 is 4.74 Å². The van der Waals surface area contributed by atoms with E-state index in [1.54, 1.807) is 36.4 Å². The van der Waals surface area contributed by atoms with E-state index in [0.29, 0.717) is 16.9 Å². The number of rotatable bonds is 5. The Hall–Kier alpha value is -2.76. The van der Waals surface area contributed by atoms with Crippen molar-refractivity contribution in [3.05, 3.63) is 65.2 Å². The summed E-state index contributed by atoms with van der Waals surface area (Å²) in [6.45, 7) is -0.166. The fourth-order valence-corrected chi connectivity index (χ4v) is 2.95. The zero-order valence-electron chi connectivity index (χ0n) is 13.5. The summed E-state index contributed by atoms with van der Waals surface area (Å²) in [5, 5.41) is 0. The Balaban J connectivity index is 1.87. The standard InChI is InChI=1S/C19H16F2O4/c1-24-14-8-7-13-10-19(17(20)21,16(22)15(13)9-14)18(23)25-11-12-5-3-2-4-6-12/h2-9,17H,10-11H2,1H3. The third kappa shape index (κ3) is 2.88. The maximum Gasteiger partial charge on any atom is 0.326 e. The normalized spacial score (nSPS) is 19.0. The van der Waals surface area contributed by atoms with Gasteiger partial charge < -0.3 is 9.47 Å². The average Bonchev–Trinajstić information content (AvgIpc) is 2.94. The lowest BCUT2D eigenvalue weighted by atomic mass is 9.84. The van der Waals surface area contributed by atoms with Crippen molar-refractivity contribution in [1.82, 2.24) is 0 Å². The van der Waals surface area contributed by atoms with Crippen molar-refractivity contribution in [1.29, 1.82) is 0 Å². The first kappa shape index (κ1) is 17.1. The van der Waals surface area contributed by atoms with Crippen LogP contribution in [0.15, 0.2) is 48.5 Å². The molecule has 4 nitrogen and oxygen atoms in total. The molecule has 0 radical (unpaired) electrons. The molecule has 0 N–H and O–H groups in total. The summed E-state index contributed by atoms with van der Waals surface area (Å²) in [5.41, 5.74) is -1.37. The van der Waals surface area contributed by atoms with E-state index in [0.717, 1.165) is 0 Å². The molecular weight excluding hydrogens is 330 g/mol. The van der Waals surface area contributed by atoms with Gasteiger partial charge in [-0.05, 0) is 23.3 Å². The van der Waals surface area contributed by atoms with Crippen LogP contribution in [-0.4, -0.2) is 25.3 Å². The number of hydrogen-bond donors (Lipinski definition) is 0. The molecule has 0 aromatic heterocycles. The highest BCUT2D eigenvalue weighted by Gasteiger charge is 2.59. The van der Waals surface area contributed by atoms with Gasteiger partial charge in [0.15, 0.2) is 11.2 Å². The smallest absolute Gasteiger partial charge is 0.326 e. The molecule has 2 aromatic carbocycles. The number of ether oxygens (including phenoxy) is 2. The van der Waals surface area contributed by atoms with E-state index in [1.165, 1.54) is 19.2 Å². The van der Waals surface area contributed by atoms with Gasteiger partial charge in [-0.2, -0.15) is 0 Å². The first-order valence-electron chi connectivity index (χ1n) is 7.70. The highest BCUT2D eigenvalue weighted by atomic mass is 19.3. The van der Waals surface area contributed by atoms with E-state index < -0.39 is 23.6 Å². The van der Waals surface area contributed by atoms with Gasteiger partial charge in [0.1, 0.15) is 12.4 Å². The number of halogens is 2. The number of carbonyl (C=O) groups is 2. The van der Waals surface area contributed by atoms with Crippen LogP contribution >= 0.6 is 0 Å². The van der Waals surface area contributed by atoms with Gasteiger partial charge >= 0.3 is 5.97 Å². The number of hydrogen-bond acceptors (Lipinski definition) is 4. The van der Waals surface area contributed by atoms with Crippen LogP contribution in [-0.2, 0) is 22.6 Å². The molecule has 0 bridgehead atoms. The minimum atomic E-state index is -3.17. The number of methoxy groups -OCH3 is 1. The van der Waals surface area contributed by atoms with Gasteiger partial charge in [-0.15, -0.1) is 0 Å². The number of Topliss-reactive ketones (excluding diaryl/α,β-unsaturated/α-hetero) is 1. The van der Waals surface area contributed by atoms with E-state index in [2.05, 4.69) is 0 Å². The maximum absolute atomic E-state index is 13.8. The molecule has 130 valence electrons. The van der Waals surface area contributed by atoms with Crippen molar-refractivity contribution < 1.29 is 27.8 Å². The minimum absolute atomic E-state index is 0.0799. The van der Waals surface area contributed by atoms with Crippen molar-refractivity contribution in [2.75, 3.05) is 7.11 Å². The highest BCUT2D eigenvalue weighted by molar-refractivity contribution is 6.16. The zero-order chi connectivity index (χ0) is 18.0. The van der Waals surface area contributed by atoms with Crippen LogP contribution in [0.25, 0.3) is 0 Å². The molecule has 1 atom stereocenters. The quantitative estimate of drug-likeness (QED) is 0.615. The molecule has 1 aliphatic carbocycles. The molecule has 0 saturated heterocycles. The van der Waals surface area contributed by atoms with Crippen molar-refractivity contribution >= 4 is 11.8 Å². The van der Waals surface area contributed by atoms with Gasteiger partial charge in [0.05, 0.1) is 7.11 Å². The van der Waals surface area contributed by atoms with Gasteiger partial charge in [-0.3, -0.25) is 9.59 Å². The Morgan fingerprint density at radius 3 is 2.56 bits per heavy atom. The monoisotopic (exact) mass is 346 g/mol. The fraction of sp³-hybridized carbons (Fsp3) is 0.263. The lowest BCUT2D eigenvalue weighted by molar-refractivity contribution is -0.161. The van der Waals surface area contributed by atoms with Crippen LogP contribution in [0, 0.1) is 5.41 Å². The Morgan fingerprint density at radius 1 is 1.20 bits per heavy atom. The molecule has 0 aliphatic heterocycles. The third-order valence-electron chi connectivity index (χ3n) is 4.39. The first-order valence-corrected chi connectivity index (χ1v) is 7.70. The Morgan fingerprint density at radius 2 is 1.92 bits per heavy atom. The summed E-state index contributed by atoms with van der Waals surface area (Å²) in [5.74, 6) is -1.75. The lowest BCUT2D eigenvalue weighted by Gasteiger charge is -2.24. The second-order valence-electron chi connectivity index (χ2n) is 5.86. The van der Waals surface area contributed by atoms with Gasteiger partial charge in [-0.1, -0.05) is 36.4 Å². The Labute approximate surface area is 143 Å². The topological polar surface area (TPSA) is 52.6 Å². The highest BCUT2D eigenvalue weighted by Crippen LogP contribution is 2.43. The third-order valence-corrected chi connectivity index (χ3v) is 4.39. The predicted octanol–water partition coefficient (Wildman–Crippen LogP) is 3.43. The molecule has 0 spiro atoms. The predicted molar refractivity (Wildman–Crippen MR) is 85.7 cm³/mol. The van der Waals surface area contributed by atoms with Gasteiger partial charge in [0, 0.05) is 12.0 Å². The van der Waals surface area contributed by atoms with E-state index in [4.69, 9.17) is 9.47 Å². The average molecular weight is 346 g/mol. The number of benzene rings is 2. The minimum Gasteiger partial charge on any atom is -0.497 e. The molecule has 0 saturated carbocycles. The second-order valence-corrected chi connectivity index (χ2v) is 5.86. The van der Waals surface area contributed by atoms with Crippen LogP contribution in [0.4, 0.5) is 8.78 Å². The molecule has 3 rings (SSSR count). The zero-order valence-corrected chi connectivity index (χ0v) is 13.5. The van der Waals surface area contributed by atoms with Gasteiger partial charge in [0.2, 0.25) is 0 Å². The molecule has 0 fully saturated rings. The summed E-state index contributed by atoms with van der Waals surface area (Å²) < 4.78 is 37.7. The van der Waals surface area contributed by atoms with Crippen LogP contribution in [0.1, 0.15) is 21.5 Å². The second kappa shape index (κ2) is 6.63. The van der Waals surface area contributed by atoms with E-state index >= 15 is 0 Å². The maximum atomic E-state index is 13.8. The summed E-state index contributed by atoms with van der Waals surface area (Å²) in [4.78, 5) is 25.1. The summed E-state index contributed by atoms with van der Waals surface area (Å²) in [7, 11) is 1.41. The van der Waals surface area contributed by atoms with Crippen LogP contribution in [0.3, 0.4) is 0 Å². The van der Waals surface area contributed by atoms with Gasteiger partial charge in [0.25, 0.3) is 6.43 Å². The molecule has 25 heavy (non-hydrogen) atoms. The van der Waals surface area contributed by atoms with Gasteiger partial charge in [-0.25, -0.2) is 8.78 Å².